The number of aryl methyl sites for hydroxylation is 2. The number of carbonyl (C=O) groups is 1. The Bertz CT molecular complexity index is 1280. The number of hydrogen-bond acceptors (Lipinski definition) is 8. The van der Waals surface area contributed by atoms with Gasteiger partial charge in [0.2, 0.25) is 15.9 Å². The van der Waals surface area contributed by atoms with Crippen LogP contribution in [0.4, 0.5) is 5.82 Å². The molecule has 0 saturated carbocycles. The zero-order valence-electron chi connectivity index (χ0n) is 22.2. The van der Waals surface area contributed by atoms with E-state index in [1.165, 1.54) is 0 Å². The van der Waals surface area contributed by atoms with Crippen LogP contribution in [0.3, 0.4) is 0 Å². The minimum absolute atomic E-state index is 0.0992. The number of anilines is 1. The van der Waals surface area contributed by atoms with Gasteiger partial charge in [-0.3, -0.25) is 4.79 Å². The fourth-order valence-electron chi connectivity index (χ4n) is 5.29. The zero-order chi connectivity index (χ0) is 27.3. The summed E-state index contributed by atoms with van der Waals surface area (Å²) in [4.78, 5) is 21.2. The van der Waals surface area contributed by atoms with Gasteiger partial charge >= 0.3 is 0 Å². The minimum Gasteiger partial charge on any atom is -0.497 e. The fourth-order valence-corrected chi connectivity index (χ4v) is 7.38. The molecule has 1 amide bonds. The number of sulfonamides is 1. The summed E-state index contributed by atoms with van der Waals surface area (Å²) in [6.07, 6.45) is 4.05. The van der Waals surface area contributed by atoms with Crippen molar-refractivity contribution in [2.24, 2.45) is 0 Å². The van der Waals surface area contributed by atoms with E-state index >= 15 is 0 Å². The zero-order valence-corrected chi connectivity index (χ0v) is 23.0. The van der Waals surface area contributed by atoms with Crippen LogP contribution in [0, 0.1) is 25.2 Å². The number of piperidine rings is 1. The van der Waals surface area contributed by atoms with Gasteiger partial charge in [-0.05, 0) is 62.1 Å². The third-order valence-electron chi connectivity index (χ3n) is 7.18. The number of nitriles is 1. The second-order valence-electron chi connectivity index (χ2n) is 9.73. The van der Waals surface area contributed by atoms with Gasteiger partial charge in [-0.15, -0.1) is 0 Å². The van der Waals surface area contributed by atoms with Crippen molar-refractivity contribution in [2.75, 3.05) is 57.9 Å². The van der Waals surface area contributed by atoms with E-state index in [4.69, 9.17) is 9.47 Å². The van der Waals surface area contributed by atoms with E-state index in [0.29, 0.717) is 72.3 Å². The van der Waals surface area contributed by atoms with E-state index in [1.807, 2.05) is 4.90 Å². The fraction of sp³-hybridized carbons (Fsp3) is 0.519. The van der Waals surface area contributed by atoms with Gasteiger partial charge in [0.05, 0.1) is 24.2 Å². The Morgan fingerprint density at radius 3 is 2.50 bits per heavy atom. The highest BCUT2D eigenvalue weighted by Gasteiger charge is 2.36. The molecule has 0 radical (unpaired) electrons. The molecular formula is C27H35N5O5S. The molecule has 1 atom stereocenters. The maximum Gasteiger partial charge on any atom is 0.248 e. The average molecular weight is 542 g/mol. The van der Waals surface area contributed by atoms with Gasteiger partial charge in [0.1, 0.15) is 24.2 Å². The molecule has 38 heavy (non-hydrogen) atoms. The number of nitrogens with zero attached hydrogens (tertiary/aromatic N) is 5. The van der Waals surface area contributed by atoms with Gasteiger partial charge in [-0.1, -0.05) is 6.42 Å². The average Bonchev–Trinajstić information content (AvgIpc) is 2.92. The summed E-state index contributed by atoms with van der Waals surface area (Å²) in [6, 6.07) is 8.79. The van der Waals surface area contributed by atoms with Crippen molar-refractivity contribution in [2.45, 2.75) is 44.0 Å². The van der Waals surface area contributed by atoms with Crippen LogP contribution < -0.4 is 9.64 Å². The molecule has 1 unspecified atom stereocenters. The number of aromatic nitrogens is 1. The van der Waals surface area contributed by atoms with Gasteiger partial charge in [0.25, 0.3) is 0 Å². The largest absolute Gasteiger partial charge is 0.497 e. The Morgan fingerprint density at radius 2 is 1.84 bits per heavy atom. The summed E-state index contributed by atoms with van der Waals surface area (Å²) < 4.78 is 40.0. The predicted molar refractivity (Wildman–Crippen MR) is 143 cm³/mol. The van der Waals surface area contributed by atoms with E-state index in [2.05, 4.69) is 11.1 Å². The first-order chi connectivity index (χ1) is 18.3. The monoisotopic (exact) mass is 541 g/mol. The molecule has 1 aromatic heterocycles. The van der Waals surface area contributed by atoms with Crippen molar-refractivity contribution in [1.29, 1.82) is 5.26 Å². The summed E-state index contributed by atoms with van der Waals surface area (Å²) in [7, 11) is -2.18. The number of benzene rings is 1. The lowest BCUT2D eigenvalue weighted by atomic mass is 10.1. The molecule has 204 valence electrons. The van der Waals surface area contributed by atoms with Gasteiger partial charge < -0.3 is 19.3 Å². The Hall–Kier alpha value is -3.20. The molecule has 4 rings (SSSR count). The summed E-state index contributed by atoms with van der Waals surface area (Å²) in [5.41, 5.74) is 1.81. The standard InChI is InChI=1S/C27H35N5O5S/c1-20-15-24(36-3)16-21(2)26(20)38(34,35)32-10-5-4-8-23(32)18-37-19-25(33)30-11-13-31(14-12-30)27-22(17-28)7-6-9-29-27/h6-7,9,15-16,23H,4-5,8,10-14,18-19H2,1-3H3. The van der Waals surface area contributed by atoms with Crippen LogP contribution >= 0.6 is 0 Å². The summed E-state index contributed by atoms with van der Waals surface area (Å²) in [5.74, 6) is 1.14. The van der Waals surface area contributed by atoms with E-state index in [-0.39, 0.29) is 25.2 Å². The number of rotatable bonds is 8. The highest BCUT2D eigenvalue weighted by Crippen LogP contribution is 2.32. The number of piperazine rings is 1. The van der Waals surface area contributed by atoms with Gasteiger partial charge in [0, 0.05) is 45.0 Å². The van der Waals surface area contributed by atoms with E-state index in [9.17, 15) is 18.5 Å². The molecular weight excluding hydrogens is 506 g/mol. The third-order valence-corrected chi connectivity index (χ3v) is 9.44. The van der Waals surface area contributed by atoms with Gasteiger partial charge in [-0.2, -0.15) is 9.57 Å². The van der Waals surface area contributed by atoms with Crippen LogP contribution in [0.5, 0.6) is 5.75 Å². The Labute approximate surface area is 224 Å². The van der Waals surface area contributed by atoms with Gasteiger partial charge in [0.15, 0.2) is 0 Å². The second kappa shape index (κ2) is 12.1. The molecule has 2 aromatic rings. The summed E-state index contributed by atoms with van der Waals surface area (Å²) >= 11 is 0. The smallest absolute Gasteiger partial charge is 0.248 e. The minimum atomic E-state index is -3.74. The number of methoxy groups -OCH3 is 1. The number of ether oxygens (including phenoxy) is 2. The molecule has 2 aliphatic heterocycles. The van der Waals surface area contributed by atoms with E-state index < -0.39 is 10.0 Å². The summed E-state index contributed by atoms with van der Waals surface area (Å²) in [5, 5.41) is 9.33. The molecule has 10 nitrogen and oxygen atoms in total. The van der Waals surface area contributed by atoms with Crippen molar-refractivity contribution >= 4 is 21.7 Å². The second-order valence-corrected chi connectivity index (χ2v) is 11.6. The number of hydrogen-bond donors (Lipinski definition) is 0. The molecule has 2 fully saturated rings. The van der Waals surface area contributed by atoms with Crippen molar-refractivity contribution in [3.05, 3.63) is 47.2 Å². The van der Waals surface area contributed by atoms with Crippen molar-refractivity contribution in [3.8, 4) is 11.8 Å². The maximum absolute atomic E-state index is 13.7. The number of pyridine rings is 1. The predicted octanol–water partition coefficient (Wildman–Crippen LogP) is 2.49. The molecule has 2 aliphatic rings. The normalized spacial score (nSPS) is 18.7. The van der Waals surface area contributed by atoms with Crippen LogP contribution in [0.1, 0.15) is 36.0 Å². The van der Waals surface area contributed by atoms with Crippen molar-refractivity contribution in [3.63, 3.8) is 0 Å². The van der Waals surface area contributed by atoms with E-state index in [0.717, 1.165) is 12.8 Å². The van der Waals surface area contributed by atoms with Crippen LogP contribution in [0.25, 0.3) is 0 Å². The molecule has 0 spiro atoms. The van der Waals surface area contributed by atoms with Crippen LogP contribution in [-0.4, -0.2) is 87.6 Å². The molecule has 0 aliphatic carbocycles. The lowest BCUT2D eigenvalue weighted by Crippen LogP contribution is -2.50. The summed E-state index contributed by atoms with van der Waals surface area (Å²) in [6.45, 7) is 6.22. The van der Waals surface area contributed by atoms with E-state index in [1.54, 1.807) is 60.6 Å². The quantitative estimate of drug-likeness (QED) is 0.501. The Morgan fingerprint density at radius 1 is 1.13 bits per heavy atom. The molecule has 3 heterocycles. The molecule has 0 N–H and O–H groups in total. The first-order valence-electron chi connectivity index (χ1n) is 12.9. The van der Waals surface area contributed by atoms with Crippen LogP contribution in [0.15, 0.2) is 35.4 Å². The Kier molecular flexibility index (Phi) is 8.87. The SMILES string of the molecule is COc1cc(C)c(S(=O)(=O)N2CCCCC2COCC(=O)N2CCN(c3ncccc3C#N)CC2)c(C)c1. The number of amides is 1. The topological polar surface area (TPSA) is 116 Å². The molecule has 1 aromatic carbocycles. The van der Waals surface area contributed by atoms with Crippen molar-refractivity contribution in [1.82, 2.24) is 14.2 Å². The molecule has 2 saturated heterocycles. The van der Waals surface area contributed by atoms with Crippen molar-refractivity contribution < 1.29 is 22.7 Å². The highest BCUT2D eigenvalue weighted by atomic mass is 32.2. The lowest BCUT2D eigenvalue weighted by molar-refractivity contribution is -0.137. The third kappa shape index (κ3) is 5.93. The molecule has 0 bridgehead atoms. The first-order valence-corrected chi connectivity index (χ1v) is 14.3. The highest BCUT2D eigenvalue weighted by molar-refractivity contribution is 7.89. The van der Waals surface area contributed by atoms with Gasteiger partial charge in [-0.25, -0.2) is 13.4 Å². The molecule has 11 heteroatoms. The first kappa shape index (κ1) is 27.8. The Balaban J connectivity index is 1.34. The maximum atomic E-state index is 13.7. The lowest BCUT2D eigenvalue weighted by Gasteiger charge is -2.36. The number of carbonyl (C=O) groups excluding carboxylic acids is 1. The van der Waals surface area contributed by atoms with Crippen LogP contribution in [0.2, 0.25) is 0 Å². The van der Waals surface area contributed by atoms with Crippen LogP contribution in [-0.2, 0) is 19.6 Å².